The zero-order valence-corrected chi connectivity index (χ0v) is 13.3. The molecule has 0 radical (unpaired) electrons. The highest BCUT2D eigenvalue weighted by Crippen LogP contribution is 2.21. The highest BCUT2D eigenvalue weighted by molar-refractivity contribution is 5.81. The van der Waals surface area contributed by atoms with Crippen LogP contribution in [0.15, 0.2) is 0 Å². The van der Waals surface area contributed by atoms with E-state index in [0.717, 1.165) is 38.8 Å². The first kappa shape index (κ1) is 15.7. The summed E-state index contributed by atoms with van der Waals surface area (Å²) in [5.41, 5.74) is 0. The van der Waals surface area contributed by atoms with E-state index in [9.17, 15) is 9.59 Å². The van der Waals surface area contributed by atoms with Crippen LogP contribution < -0.4 is 5.32 Å². The lowest BCUT2D eigenvalue weighted by Crippen LogP contribution is -2.50. The molecule has 1 N–H and O–H groups in total. The molecule has 0 aromatic carbocycles. The second-order valence-electron chi connectivity index (χ2n) is 6.61. The van der Waals surface area contributed by atoms with Gasteiger partial charge in [0.25, 0.3) is 0 Å². The van der Waals surface area contributed by atoms with Crippen molar-refractivity contribution in [2.75, 3.05) is 45.9 Å². The molecule has 3 heterocycles. The van der Waals surface area contributed by atoms with Crippen molar-refractivity contribution in [3.63, 3.8) is 0 Å². The first-order valence-corrected chi connectivity index (χ1v) is 8.62. The van der Waals surface area contributed by atoms with Crippen LogP contribution in [-0.2, 0) is 14.3 Å². The molecule has 6 heteroatoms. The third kappa shape index (κ3) is 3.79. The van der Waals surface area contributed by atoms with Gasteiger partial charge in [0, 0.05) is 38.6 Å². The molecule has 2 atom stereocenters. The Bertz CT molecular complexity index is 403. The largest absolute Gasteiger partial charge is 0.378 e. The van der Waals surface area contributed by atoms with Crippen molar-refractivity contribution in [3.05, 3.63) is 0 Å². The lowest BCUT2D eigenvalue weighted by Gasteiger charge is -2.36. The number of ether oxygens (including phenoxy) is 1. The van der Waals surface area contributed by atoms with Crippen LogP contribution in [0.3, 0.4) is 0 Å². The van der Waals surface area contributed by atoms with Crippen molar-refractivity contribution in [3.8, 4) is 0 Å². The van der Waals surface area contributed by atoms with E-state index in [1.165, 1.54) is 0 Å². The Morgan fingerprint density at radius 2 is 1.86 bits per heavy atom. The maximum Gasteiger partial charge on any atom is 0.227 e. The van der Waals surface area contributed by atoms with Gasteiger partial charge in [-0.05, 0) is 32.2 Å². The number of rotatable bonds is 3. The van der Waals surface area contributed by atoms with E-state index in [-0.39, 0.29) is 17.7 Å². The molecule has 124 valence electrons. The van der Waals surface area contributed by atoms with Gasteiger partial charge < -0.3 is 19.9 Å². The number of morpholine rings is 1. The molecule has 3 aliphatic rings. The molecular formula is C16H27N3O3. The molecule has 0 aromatic rings. The standard InChI is InChI=1S/C16H27N3O3/c20-15(11-14-4-1-5-17-14)19-6-2-3-13(12-19)16(21)18-7-9-22-10-8-18/h13-14,17H,1-12H2. The average Bonchev–Trinajstić information content (AvgIpc) is 3.08. The Labute approximate surface area is 132 Å². The fourth-order valence-corrected chi connectivity index (χ4v) is 3.72. The Kier molecular flexibility index (Phi) is 5.31. The Balaban J connectivity index is 1.51. The highest BCUT2D eigenvalue weighted by Gasteiger charge is 2.32. The zero-order chi connectivity index (χ0) is 15.4. The van der Waals surface area contributed by atoms with Crippen molar-refractivity contribution in [1.82, 2.24) is 15.1 Å². The number of hydrogen-bond donors (Lipinski definition) is 1. The number of carbonyl (C=O) groups excluding carboxylic acids is 2. The molecule has 3 saturated heterocycles. The van der Waals surface area contributed by atoms with Crippen molar-refractivity contribution < 1.29 is 14.3 Å². The van der Waals surface area contributed by atoms with Crippen LogP contribution in [-0.4, -0.2) is 73.6 Å². The van der Waals surface area contributed by atoms with Crippen molar-refractivity contribution in [2.24, 2.45) is 5.92 Å². The molecule has 3 fully saturated rings. The van der Waals surface area contributed by atoms with Gasteiger partial charge in [-0.25, -0.2) is 0 Å². The number of hydrogen-bond acceptors (Lipinski definition) is 4. The maximum atomic E-state index is 12.6. The van der Waals surface area contributed by atoms with Crippen LogP contribution in [0.4, 0.5) is 0 Å². The summed E-state index contributed by atoms with van der Waals surface area (Å²) in [6.45, 7) is 5.07. The minimum Gasteiger partial charge on any atom is -0.378 e. The van der Waals surface area contributed by atoms with Gasteiger partial charge in [-0.1, -0.05) is 0 Å². The summed E-state index contributed by atoms with van der Waals surface area (Å²) >= 11 is 0. The SMILES string of the molecule is O=C(CC1CCCN1)N1CCCC(C(=O)N2CCOCC2)C1. The minimum atomic E-state index is -0.0210. The second kappa shape index (κ2) is 7.42. The third-order valence-corrected chi connectivity index (χ3v) is 5.03. The predicted molar refractivity (Wildman–Crippen MR) is 82.3 cm³/mol. The summed E-state index contributed by atoms with van der Waals surface area (Å²) in [6.07, 6.45) is 4.68. The smallest absolute Gasteiger partial charge is 0.227 e. The fraction of sp³-hybridized carbons (Fsp3) is 0.875. The van der Waals surface area contributed by atoms with E-state index >= 15 is 0 Å². The van der Waals surface area contributed by atoms with E-state index in [1.54, 1.807) is 0 Å². The molecule has 0 aromatic heterocycles. The Morgan fingerprint density at radius 3 is 2.59 bits per heavy atom. The van der Waals surface area contributed by atoms with Crippen molar-refractivity contribution >= 4 is 11.8 Å². The Morgan fingerprint density at radius 1 is 1.05 bits per heavy atom. The van der Waals surface area contributed by atoms with Gasteiger partial charge in [-0.15, -0.1) is 0 Å². The molecular weight excluding hydrogens is 282 g/mol. The molecule has 22 heavy (non-hydrogen) atoms. The van der Waals surface area contributed by atoms with Gasteiger partial charge in [-0.3, -0.25) is 9.59 Å². The summed E-state index contributed by atoms with van der Waals surface area (Å²) in [5.74, 6) is 0.394. The van der Waals surface area contributed by atoms with Gasteiger partial charge in [0.15, 0.2) is 0 Å². The normalized spacial score (nSPS) is 29.6. The van der Waals surface area contributed by atoms with Crippen molar-refractivity contribution in [2.45, 2.75) is 38.1 Å². The predicted octanol–water partition coefficient (Wildman–Crippen LogP) is 0.226. The summed E-state index contributed by atoms with van der Waals surface area (Å²) in [7, 11) is 0. The minimum absolute atomic E-state index is 0.0210. The summed E-state index contributed by atoms with van der Waals surface area (Å²) in [6, 6.07) is 0.336. The van der Waals surface area contributed by atoms with E-state index in [4.69, 9.17) is 4.74 Å². The number of carbonyl (C=O) groups is 2. The van der Waals surface area contributed by atoms with Crippen LogP contribution in [0.1, 0.15) is 32.1 Å². The van der Waals surface area contributed by atoms with Gasteiger partial charge in [0.05, 0.1) is 19.1 Å². The Hall–Kier alpha value is -1.14. The van der Waals surface area contributed by atoms with E-state index < -0.39 is 0 Å². The lowest BCUT2D eigenvalue weighted by atomic mass is 9.95. The number of nitrogens with one attached hydrogen (secondary N) is 1. The molecule has 0 spiro atoms. The molecule has 2 amide bonds. The number of likely N-dealkylation sites (tertiary alicyclic amines) is 1. The number of piperidine rings is 1. The molecule has 3 rings (SSSR count). The quantitative estimate of drug-likeness (QED) is 0.810. The van der Waals surface area contributed by atoms with Gasteiger partial charge in [0.2, 0.25) is 11.8 Å². The van der Waals surface area contributed by atoms with Crippen LogP contribution >= 0.6 is 0 Å². The van der Waals surface area contributed by atoms with E-state index in [2.05, 4.69) is 5.32 Å². The number of nitrogens with zero attached hydrogens (tertiary/aromatic N) is 2. The molecule has 2 unspecified atom stereocenters. The van der Waals surface area contributed by atoms with Crippen molar-refractivity contribution in [1.29, 1.82) is 0 Å². The monoisotopic (exact) mass is 309 g/mol. The van der Waals surface area contributed by atoms with Crippen LogP contribution in [0.2, 0.25) is 0 Å². The van der Waals surface area contributed by atoms with Gasteiger partial charge >= 0.3 is 0 Å². The maximum absolute atomic E-state index is 12.6. The topological polar surface area (TPSA) is 61.9 Å². The summed E-state index contributed by atoms with van der Waals surface area (Å²) in [4.78, 5) is 28.8. The van der Waals surface area contributed by atoms with Crippen LogP contribution in [0, 0.1) is 5.92 Å². The lowest BCUT2D eigenvalue weighted by molar-refractivity contribution is -0.144. The molecule has 0 bridgehead atoms. The van der Waals surface area contributed by atoms with Gasteiger partial charge in [-0.2, -0.15) is 0 Å². The van der Waals surface area contributed by atoms with Crippen LogP contribution in [0.25, 0.3) is 0 Å². The van der Waals surface area contributed by atoms with Gasteiger partial charge in [0.1, 0.15) is 0 Å². The van der Waals surface area contributed by atoms with Crippen LogP contribution in [0.5, 0.6) is 0 Å². The molecule has 3 aliphatic heterocycles. The molecule has 0 aliphatic carbocycles. The second-order valence-corrected chi connectivity index (χ2v) is 6.61. The zero-order valence-electron chi connectivity index (χ0n) is 13.3. The first-order chi connectivity index (χ1) is 10.7. The third-order valence-electron chi connectivity index (χ3n) is 5.03. The first-order valence-electron chi connectivity index (χ1n) is 8.62. The fourth-order valence-electron chi connectivity index (χ4n) is 3.72. The highest BCUT2D eigenvalue weighted by atomic mass is 16.5. The number of amides is 2. The van der Waals surface area contributed by atoms with E-state index in [0.29, 0.717) is 45.3 Å². The molecule has 0 saturated carbocycles. The average molecular weight is 309 g/mol. The van der Waals surface area contributed by atoms with E-state index in [1.807, 2.05) is 9.80 Å². The summed E-state index contributed by atoms with van der Waals surface area (Å²) < 4.78 is 5.31. The molecule has 6 nitrogen and oxygen atoms in total. The summed E-state index contributed by atoms with van der Waals surface area (Å²) in [5, 5.41) is 3.38.